The summed E-state index contributed by atoms with van der Waals surface area (Å²) in [5.74, 6) is 1.67. The Balaban J connectivity index is 1.79. The maximum absolute atomic E-state index is 14.1. The van der Waals surface area contributed by atoms with Gasteiger partial charge in [0.15, 0.2) is 11.5 Å². The molecule has 2 aromatic heterocycles. The summed E-state index contributed by atoms with van der Waals surface area (Å²) in [6, 6.07) is 10.4. The Morgan fingerprint density at radius 1 is 1.13 bits per heavy atom. The summed E-state index contributed by atoms with van der Waals surface area (Å²) >= 11 is 0. The maximum Gasteiger partial charge on any atom is 0.188 e. The third kappa shape index (κ3) is 2.54. The van der Waals surface area contributed by atoms with Crippen molar-refractivity contribution < 1.29 is 4.39 Å². The number of rotatable bonds is 2. The summed E-state index contributed by atoms with van der Waals surface area (Å²) in [5.41, 5.74) is 1.04. The molecule has 118 valence electrons. The van der Waals surface area contributed by atoms with Gasteiger partial charge in [-0.15, -0.1) is 15.3 Å². The van der Waals surface area contributed by atoms with Gasteiger partial charge in [0.2, 0.25) is 0 Å². The number of halogens is 1. The zero-order valence-corrected chi connectivity index (χ0v) is 13.0. The topological polar surface area (TPSA) is 46.3 Å². The molecule has 0 radical (unpaired) electrons. The Kier molecular flexibility index (Phi) is 3.44. The van der Waals surface area contributed by atoms with E-state index in [4.69, 9.17) is 0 Å². The molecule has 3 heterocycles. The molecular weight excluding hydrogens is 293 g/mol. The Hall–Kier alpha value is -2.50. The van der Waals surface area contributed by atoms with E-state index >= 15 is 0 Å². The van der Waals surface area contributed by atoms with Gasteiger partial charge in [-0.05, 0) is 43.0 Å². The highest BCUT2D eigenvalue weighted by Crippen LogP contribution is 2.24. The van der Waals surface area contributed by atoms with Crippen LogP contribution in [0, 0.1) is 11.7 Å². The second-order valence-corrected chi connectivity index (χ2v) is 6.16. The average molecular weight is 311 g/mol. The first-order valence-corrected chi connectivity index (χ1v) is 7.94. The maximum atomic E-state index is 14.1. The molecule has 1 aliphatic heterocycles. The van der Waals surface area contributed by atoms with E-state index in [1.807, 2.05) is 12.1 Å². The van der Waals surface area contributed by atoms with E-state index in [1.54, 1.807) is 22.7 Å². The van der Waals surface area contributed by atoms with Gasteiger partial charge in [-0.1, -0.05) is 19.1 Å². The normalized spacial score (nSPS) is 18.5. The summed E-state index contributed by atoms with van der Waals surface area (Å²) in [5, 5.41) is 12.9. The zero-order valence-electron chi connectivity index (χ0n) is 13.0. The number of hydrogen-bond acceptors (Lipinski definition) is 4. The van der Waals surface area contributed by atoms with Gasteiger partial charge < -0.3 is 4.90 Å². The summed E-state index contributed by atoms with van der Waals surface area (Å²) in [6.45, 7) is 4.25. The van der Waals surface area contributed by atoms with Crippen molar-refractivity contribution >= 4 is 11.5 Å². The summed E-state index contributed by atoms with van der Waals surface area (Å²) in [7, 11) is 0. The number of piperidine rings is 1. The van der Waals surface area contributed by atoms with Crippen molar-refractivity contribution in [3.05, 3.63) is 42.2 Å². The number of nitrogens with zero attached hydrogens (tertiary/aromatic N) is 5. The lowest BCUT2D eigenvalue weighted by Crippen LogP contribution is -2.35. The zero-order chi connectivity index (χ0) is 15.8. The molecule has 4 rings (SSSR count). The van der Waals surface area contributed by atoms with Crippen molar-refractivity contribution in [1.82, 2.24) is 19.8 Å². The van der Waals surface area contributed by atoms with Gasteiger partial charge in [-0.3, -0.25) is 0 Å². The monoisotopic (exact) mass is 311 g/mol. The molecule has 1 aromatic carbocycles. The van der Waals surface area contributed by atoms with E-state index in [0.29, 0.717) is 23.0 Å². The van der Waals surface area contributed by atoms with E-state index in [0.717, 1.165) is 18.9 Å². The molecule has 0 spiro atoms. The predicted molar refractivity (Wildman–Crippen MR) is 86.8 cm³/mol. The van der Waals surface area contributed by atoms with Gasteiger partial charge in [0.1, 0.15) is 11.6 Å². The smallest absolute Gasteiger partial charge is 0.188 e. The molecule has 23 heavy (non-hydrogen) atoms. The molecule has 0 aliphatic carbocycles. The predicted octanol–water partition coefficient (Wildman–Crippen LogP) is 3.17. The quantitative estimate of drug-likeness (QED) is 0.729. The van der Waals surface area contributed by atoms with E-state index in [2.05, 4.69) is 27.1 Å². The number of hydrogen-bond donors (Lipinski definition) is 0. The third-order valence-corrected chi connectivity index (χ3v) is 4.34. The first-order valence-electron chi connectivity index (χ1n) is 7.94. The Morgan fingerprint density at radius 2 is 2.00 bits per heavy atom. The SMILES string of the molecule is CC1CCCN(c2ccc3nnc(-c4ccccc4F)n3n2)C1. The third-order valence-electron chi connectivity index (χ3n) is 4.34. The van der Waals surface area contributed by atoms with Gasteiger partial charge in [-0.25, -0.2) is 4.39 Å². The van der Waals surface area contributed by atoms with Crippen LogP contribution in [-0.2, 0) is 0 Å². The van der Waals surface area contributed by atoms with Crippen LogP contribution in [-0.4, -0.2) is 32.9 Å². The first kappa shape index (κ1) is 14.1. The van der Waals surface area contributed by atoms with Gasteiger partial charge in [0.25, 0.3) is 0 Å². The number of anilines is 1. The van der Waals surface area contributed by atoms with Crippen molar-refractivity contribution in [3.8, 4) is 11.4 Å². The molecule has 1 unspecified atom stereocenters. The number of aromatic nitrogens is 4. The van der Waals surface area contributed by atoms with Gasteiger partial charge in [-0.2, -0.15) is 4.52 Å². The second-order valence-electron chi connectivity index (χ2n) is 6.16. The van der Waals surface area contributed by atoms with E-state index in [9.17, 15) is 4.39 Å². The molecule has 1 fully saturated rings. The van der Waals surface area contributed by atoms with Crippen molar-refractivity contribution in [2.45, 2.75) is 19.8 Å². The summed E-state index contributed by atoms with van der Waals surface area (Å²) in [6.07, 6.45) is 2.43. The molecule has 0 bridgehead atoms. The lowest BCUT2D eigenvalue weighted by atomic mass is 10.0. The highest BCUT2D eigenvalue weighted by Gasteiger charge is 2.19. The van der Waals surface area contributed by atoms with E-state index < -0.39 is 0 Å². The Bertz CT molecular complexity index is 844. The van der Waals surface area contributed by atoms with Gasteiger partial charge in [0.05, 0.1) is 5.56 Å². The van der Waals surface area contributed by atoms with Crippen LogP contribution >= 0.6 is 0 Å². The van der Waals surface area contributed by atoms with Crippen molar-refractivity contribution in [2.75, 3.05) is 18.0 Å². The Labute approximate surface area is 133 Å². The molecule has 0 amide bonds. The van der Waals surface area contributed by atoms with Crippen LogP contribution in [0.4, 0.5) is 10.2 Å². The van der Waals surface area contributed by atoms with Crippen LogP contribution in [0.5, 0.6) is 0 Å². The fourth-order valence-electron chi connectivity index (χ4n) is 3.16. The fourth-order valence-corrected chi connectivity index (χ4v) is 3.16. The van der Waals surface area contributed by atoms with Crippen molar-refractivity contribution in [2.24, 2.45) is 5.92 Å². The minimum atomic E-state index is -0.319. The van der Waals surface area contributed by atoms with Crippen LogP contribution in [0.1, 0.15) is 19.8 Å². The first-order chi connectivity index (χ1) is 11.2. The lowest BCUT2D eigenvalue weighted by molar-refractivity contribution is 0.443. The molecule has 5 nitrogen and oxygen atoms in total. The highest BCUT2D eigenvalue weighted by atomic mass is 19.1. The molecule has 6 heteroatoms. The minimum absolute atomic E-state index is 0.319. The summed E-state index contributed by atoms with van der Waals surface area (Å²) < 4.78 is 15.7. The average Bonchev–Trinajstić information content (AvgIpc) is 2.98. The molecule has 1 atom stereocenters. The Morgan fingerprint density at radius 3 is 2.83 bits per heavy atom. The standard InChI is InChI=1S/C17H18FN5/c1-12-5-4-10-22(11-12)16-9-8-15-19-20-17(23(15)21-16)13-6-2-3-7-14(13)18/h2-3,6-9,12H,4-5,10-11H2,1H3. The number of benzene rings is 1. The minimum Gasteiger partial charge on any atom is -0.355 e. The van der Waals surface area contributed by atoms with Gasteiger partial charge in [0, 0.05) is 13.1 Å². The molecule has 3 aromatic rings. The van der Waals surface area contributed by atoms with E-state index in [-0.39, 0.29) is 5.82 Å². The second kappa shape index (κ2) is 5.61. The van der Waals surface area contributed by atoms with E-state index in [1.165, 1.54) is 18.9 Å². The number of fused-ring (bicyclic) bond motifs is 1. The van der Waals surface area contributed by atoms with Crippen LogP contribution in [0.25, 0.3) is 17.0 Å². The largest absolute Gasteiger partial charge is 0.355 e. The van der Waals surface area contributed by atoms with Crippen molar-refractivity contribution in [3.63, 3.8) is 0 Å². The molecule has 0 N–H and O–H groups in total. The van der Waals surface area contributed by atoms with Crippen LogP contribution in [0.15, 0.2) is 36.4 Å². The molecular formula is C17H18FN5. The molecule has 0 saturated carbocycles. The van der Waals surface area contributed by atoms with Crippen molar-refractivity contribution in [1.29, 1.82) is 0 Å². The molecule has 1 saturated heterocycles. The molecule has 1 aliphatic rings. The van der Waals surface area contributed by atoms with Gasteiger partial charge >= 0.3 is 0 Å². The van der Waals surface area contributed by atoms with Crippen LogP contribution < -0.4 is 4.90 Å². The van der Waals surface area contributed by atoms with Crippen LogP contribution in [0.2, 0.25) is 0 Å². The lowest BCUT2D eigenvalue weighted by Gasteiger charge is -2.31. The summed E-state index contributed by atoms with van der Waals surface area (Å²) in [4.78, 5) is 2.28. The highest BCUT2D eigenvalue weighted by molar-refractivity contribution is 5.60. The fraction of sp³-hybridized carbons (Fsp3) is 0.353. The van der Waals surface area contributed by atoms with Crippen LogP contribution in [0.3, 0.4) is 0 Å².